The van der Waals surface area contributed by atoms with E-state index in [2.05, 4.69) is 24.8 Å². The summed E-state index contributed by atoms with van der Waals surface area (Å²) in [4.78, 5) is 15.8. The van der Waals surface area contributed by atoms with E-state index in [1.54, 1.807) is 12.7 Å². The van der Waals surface area contributed by atoms with Crippen LogP contribution in [0.1, 0.15) is 68.6 Å². The highest BCUT2D eigenvalue weighted by Gasteiger charge is 2.80. The Bertz CT molecular complexity index is 934. The summed E-state index contributed by atoms with van der Waals surface area (Å²) in [6, 6.07) is 2.85. The number of benzene rings is 1. The predicted octanol–water partition coefficient (Wildman–Crippen LogP) is 3.55. The molecule has 148 valence electrons. The highest BCUT2D eigenvalue weighted by Crippen LogP contribution is 2.77. The molecule has 6 aliphatic rings. The first-order valence-electron chi connectivity index (χ1n) is 11.2. The molecule has 7 rings (SSSR count). The molecule has 2 heterocycles. The van der Waals surface area contributed by atoms with Crippen molar-refractivity contribution in [2.75, 3.05) is 20.2 Å². The Morgan fingerprint density at radius 2 is 2.11 bits per heavy atom. The smallest absolute Gasteiger partial charge is 0.174 e. The molecule has 0 N–H and O–H groups in total. The molecule has 4 aliphatic carbocycles. The van der Waals surface area contributed by atoms with Gasteiger partial charge in [-0.25, -0.2) is 0 Å². The van der Waals surface area contributed by atoms with Crippen molar-refractivity contribution in [3.8, 4) is 11.5 Å². The molecular formula is C24H29NO3. The molecule has 0 aromatic heterocycles. The minimum Gasteiger partial charge on any atom is -0.493 e. The number of nitrogens with zero attached hydrogens (tertiary/aromatic N) is 1. The van der Waals surface area contributed by atoms with Gasteiger partial charge in [0.15, 0.2) is 23.4 Å². The van der Waals surface area contributed by atoms with E-state index in [0.717, 1.165) is 30.3 Å². The summed E-state index contributed by atoms with van der Waals surface area (Å²) in [7, 11) is 1.74. The molecule has 28 heavy (non-hydrogen) atoms. The van der Waals surface area contributed by atoms with Crippen LogP contribution in [0.15, 0.2) is 6.07 Å². The average Bonchev–Trinajstić information content (AvgIpc) is 3.26. The quantitative estimate of drug-likeness (QED) is 0.802. The lowest BCUT2D eigenvalue weighted by atomic mass is 9.57. The van der Waals surface area contributed by atoms with Gasteiger partial charge in [-0.3, -0.25) is 9.69 Å². The third kappa shape index (κ3) is 1.54. The Morgan fingerprint density at radius 1 is 1.29 bits per heavy atom. The largest absolute Gasteiger partial charge is 0.493 e. The summed E-state index contributed by atoms with van der Waals surface area (Å²) in [5.41, 5.74) is 4.55. The van der Waals surface area contributed by atoms with E-state index in [0.29, 0.717) is 30.1 Å². The fraction of sp³-hybridized carbons (Fsp3) is 0.708. The van der Waals surface area contributed by atoms with Crippen molar-refractivity contribution in [2.45, 2.75) is 74.8 Å². The SMILES string of the molecule is COc1cc(C(C)C)c2c3c1O[C@@H]1C(=O)CCC4C5N(CC6CC6)CC25C[C@]341. The molecule has 4 fully saturated rings. The van der Waals surface area contributed by atoms with Crippen molar-refractivity contribution >= 4 is 5.78 Å². The molecule has 3 unspecified atom stereocenters. The van der Waals surface area contributed by atoms with Crippen LogP contribution in [0, 0.1) is 11.8 Å². The van der Waals surface area contributed by atoms with Gasteiger partial charge in [0.1, 0.15) is 0 Å². The predicted molar refractivity (Wildman–Crippen MR) is 105 cm³/mol. The first-order chi connectivity index (χ1) is 13.5. The summed E-state index contributed by atoms with van der Waals surface area (Å²) in [5, 5.41) is 0. The van der Waals surface area contributed by atoms with Crippen LogP contribution in [0.25, 0.3) is 0 Å². The van der Waals surface area contributed by atoms with Gasteiger partial charge >= 0.3 is 0 Å². The van der Waals surface area contributed by atoms with Gasteiger partial charge in [0.05, 0.1) is 7.11 Å². The number of carbonyl (C=O) groups excluding carboxylic acids is 1. The minimum atomic E-state index is -0.274. The summed E-state index contributed by atoms with van der Waals surface area (Å²) < 4.78 is 12.2. The van der Waals surface area contributed by atoms with Gasteiger partial charge in [-0.2, -0.15) is 0 Å². The molecule has 1 aromatic carbocycles. The van der Waals surface area contributed by atoms with E-state index in [1.165, 1.54) is 37.1 Å². The molecule has 5 atom stereocenters. The fourth-order valence-corrected chi connectivity index (χ4v) is 8.13. The normalized spacial score (nSPS) is 41.7. The molecular weight excluding hydrogens is 350 g/mol. The third-order valence-electron chi connectivity index (χ3n) is 9.06. The zero-order valence-electron chi connectivity index (χ0n) is 17.1. The molecule has 2 aliphatic heterocycles. The van der Waals surface area contributed by atoms with Crippen molar-refractivity contribution in [1.82, 2.24) is 4.90 Å². The second kappa shape index (κ2) is 4.77. The van der Waals surface area contributed by atoms with Crippen molar-refractivity contribution in [3.63, 3.8) is 0 Å². The summed E-state index contributed by atoms with van der Waals surface area (Å²) in [6.07, 6.45) is 5.39. The molecule has 3 saturated carbocycles. The lowest BCUT2D eigenvalue weighted by Crippen LogP contribution is -2.68. The highest BCUT2D eigenvalue weighted by molar-refractivity contribution is 5.91. The lowest BCUT2D eigenvalue weighted by molar-refractivity contribution is -0.133. The number of fused-ring (bicyclic) bond motifs is 1. The Morgan fingerprint density at radius 3 is 2.82 bits per heavy atom. The van der Waals surface area contributed by atoms with E-state index in [9.17, 15) is 4.79 Å². The van der Waals surface area contributed by atoms with Crippen molar-refractivity contribution in [2.24, 2.45) is 11.8 Å². The zero-order chi connectivity index (χ0) is 19.0. The van der Waals surface area contributed by atoms with Crippen LogP contribution in [-0.4, -0.2) is 43.0 Å². The van der Waals surface area contributed by atoms with Gasteiger partial charge in [0.25, 0.3) is 0 Å². The monoisotopic (exact) mass is 379 g/mol. The second-order valence-electron chi connectivity index (χ2n) is 10.7. The number of carbonyl (C=O) groups is 1. The van der Waals surface area contributed by atoms with E-state index < -0.39 is 0 Å². The summed E-state index contributed by atoms with van der Waals surface area (Å²) in [5.74, 6) is 4.01. The van der Waals surface area contributed by atoms with Gasteiger partial charge < -0.3 is 9.47 Å². The molecule has 2 spiro atoms. The van der Waals surface area contributed by atoms with Gasteiger partial charge in [-0.05, 0) is 60.6 Å². The minimum absolute atomic E-state index is 0.0822. The number of ether oxygens (including phenoxy) is 2. The van der Waals surface area contributed by atoms with Crippen LogP contribution >= 0.6 is 0 Å². The van der Waals surface area contributed by atoms with Crippen LogP contribution in [0.4, 0.5) is 0 Å². The van der Waals surface area contributed by atoms with E-state index in [4.69, 9.17) is 9.47 Å². The number of Topliss-reactive ketones (excluding diaryl/α,β-unsaturated/α-hetero) is 1. The average molecular weight is 380 g/mol. The van der Waals surface area contributed by atoms with E-state index >= 15 is 0 Å². The number of methoxy groups -OCH3 is 1. The third-order valence-corrected chi connectivity index (χ3v) is 9.06. The Hall–Kier alpha value is -1.55. The second-order valence-corrected chi connectivity index (χ2v) is 10.7. The maximum atomic E-state index is 13.0. The molecule has 1 saturated heterocycles. The topological polar surface area (TPSA) is 38.8 Å². The lowest BCUT2D eigenvalue weighted by Gasteiger charge is -2.59. The van der Waals surface area contributed by atoms with Gasteiger partial charge in [-0.1, -0.05) is 13.8 Å². The Kier molecular flexibility index (Phi) is 2.77. The van der Waals surface area contributed by atoms with Crippen LogP contribution in [0.5, 0.6) is 11.5 Å². The molecule has 2 bridgehead atoms. The van der Waals surface area contributed by atoms with E-state index in [1.807, 2.05) is 0 Å². The number of ketones is 1. The zero-order valence-corrected chi connectivity index (χ0v) is 17.1. The summed E-state index contributed by atoms with van der Waals surface area (Å²) >= 11 is 0. The Balaban J connectivity index is 1.49. The molecule has 0 amide bonds. The van der Waals surface area contributed by atoms with Crippen LogP contribution < -0.4 is 9.47 Å². The summed E-state index contributed by atoms with van der Waals surface area (Å²) in [6.45, 7) is 7.05. The van der Waals surface area contributed by atoms with Crippen LogP contribution in [-0.2, 0) is 15.6 Å². The highest BCUT2D eigenvalue weighted by atomic mass is 16.5. The number of hydrogen-bond donors (Lipinski definition) is 0. The van der Waals surface area contributed by atoms with E-state index in [-0.39, 0.29) is 16.9 Å². The fourth-order valence-electron chi connectivity index (χ4n) is 8.13. The number of hydrogen-bond acceptors (Lipinski definition) is 4. The van der Waals surface area contributed by atoms with Gasteiger partial charge in [0, 0.05) is 41.9 Å². The van der Waals surface area contributed by atoms with Crippen molar-refractivity contribution < 1.29 is 14.3 Å². The molecule has 1 aromatic rings. The number of likely N-dealkylation sites (tertiary alicyclic amines) is 1. The Labute approximate surface area is 166 Å². The molecule has 4 nitrogen and oxygen atoms in total. The first-order valence-corrected chi connectivity index (χ1v) is 11.2. The number of rotatable bonds is 4. The van der Waals surface area contributed by atoms with Gasteiger partial charge in [-0.15, -0.1) is 0 Å². The molecule has 4 heteroatoms. The van der Waals surface area contributed by atoms with Crippen LogP contribution in [0.2, 0.25) is 0 Å². The maximum Gasteiger partial charge on any atom is 0.174 e. The van der Waals surface area contributed by atoms with Crippen molar-refractivity contribution in [1.29, 1.82) is 0 Å². The molecule has 0 radical (unpaired) electrons. The standard InChI is InChI=1S/C24H29NO3/c1-12(2)14-8-17(27-3)20-19-18(14)23-10-24(19)15(6-7-16(26)22(24)28-20)21(23)25(11-23)9-13-4-5-13/h8,12-13,15,21-22H,4-7,9-11H2,1-3H3/t15?,21?,22-,23?,24-/m1/s1. The van der Waals surface area contributed by atoms with Crippen LogP contribution in [0.3, 0.4) is 0 Å². The maximum absolute atomic E-state index is 13.0. The van der Waals surface area contributed by atoms with Crippen molar-refractivity contribution in [3.05, 3.63) is 22.8 Å². The first kappa shape index (κ1) is 16.3. The van der Waals surface area contributed by atoms with Gasteiger partial charge in [0.2, 0.25) is 0 Å².